The molecular formula is C12H12N4S2. The second kappa shape index (κ2) is 7.73. The van der Waals surface area contributed by atoms with Gasteiger partial charge in [-0.05, 0) is 23.4 Å². The van der Waals surface area contributed by atoms with E-state index in [1.807, 2.05) is 41.7 Å². The number of nitrogens with one attached hydrogen (secondary N) is 1. The van der Waals surface area contributed by atoms with E-state index in [0.717, 1.165) is 5.08 Å². The number of benzene rings is 1. The summed E-state index contributed by atoms with van der Waals surface area (Å²) >= 11 is 3.69. The van der Waals surface area contributed by atoms with Crippen LogP contribution in [0.4, 0.5) is 5.69 Å². The zero-order chi connectivity index (χ0) is 12.5. The highest BCUT2D eigenvalue weighted by atomic mass is 32.2. The van der Waals surface area contributed by atoms with E-state index in [4.69, 9.17) is 0 Å². The Morgan fingerprint density at radius 1 is 1.00 bits per heavy atom. The van der Waals surface area contributed by atoms with Crippen LogP contribution in [0.1, 0.15) is 0 Å². The van der Waals surface area contributed by atoms with Gasteiger partial charge in [0.15, 0.2) is 0 Å². The Labute approximate surface area is 114 Å². The molecule has 0 amide bonds. The van der Waals surface area contributed by atoms with Crippen molar-refractivity contribution in [3.05, 3.63) is 59.2 Å². The van der Waals surface area contributed by atoms with Gasteiger partial charge in [-0.3, -0.25) is 0 Å². The van der Waals surface area contributed by atoms with Gasteiger partial charge in [-0.25, -0.2) is 0 Å². The van der Waals surface area contributed by atoms with Gasteiger partial charge in [0, 0.05) is 16.2 Å². The maximum Gasteiger partial charge on any atom is 0.0798 e. The Bertz CT molecular complexity index is 449. The van der Waals surface area contributed by atoms with Crippen LogP contribution in [0.2, 0.25) is 0 Å². The van der Waals surface area contributed by atoms with Crippen LogP contribution < -0.4 is 5.32 Å². The largest absolute Gasteiger partial charge is 0.350 e. The van der Waals surface area contributed by atoms with Crippen molar-refractivity contribution in [1.29, 1.82) is 0 Å². The summed E-state index contributed by atoms with van der Waals surface area (Å²) in [7, 11) is 0. The molecule has 1 N–H and O–H groups in total. The van der Waals surface area contributed by atoms with E-state index >= 15 is 0 Å². The van der Waals surface area contributed by atoms with Gasteiger partial charge >= 0.3 is 0 Å². The minimum Gasteiger partial charge on any atom is -0.350 e. The lowest BCUT2D eigenvalue weighted by molar-refractivity contribution is 0.865. The highest BCUT2D eigenvalue weighted by Gasteiger charge is 2.04. The third-order valence-electron chi connectivity index (χ3n) is 1.92. The van der Waals surface area contributed by atoms with E-state index in [0.29, 0.717) is 0 Å². The van der Waals surface area contributed by atoms with E-state index in [2.05, 4.69) is 38.3 Å². The van der Waals surface area contributed by atoms with E-state index in [9.17, 15) is 0 Å². The Morgan fingerprint density at radius 3 is 2.28 bits per heavy atom. The summed E-state index contributed by atoms with van der Waals surface area (Å²) in [6, 6.07) is 12.0. The number of para-hydroxylation sites is 1. The third kappa shape index (κ3) is 4.77. The standard InChI is InChI=1S/C9H9NS2.C3H3N3/c1-2-4-8(5-3-1)10-9-6-11-7-12-9;1-2-4-6-5-3-1/h1-6,10H,7H2;1-3H. The number of hydrogen-bond donors (Lipinski definition) is 1. The van der Waals surface area contributed by atoms with Gasteiger partial charge < -0.3 is 5.32 Å². The molecule has 0 aliphatic carbocycles. The molecule has 1 aromatic carbocycles. The van der Waals surface area contributed by atoms with Crippen molar-refractivity contribution < 1.29 is 0 Å². The van der Waals surface area contributed by atoms with E-state index < -0.39 is 0 Å². The van der Waals surface area contributed by atoms with Crippen LogP contribution in [0.3, 0.4) is 0 Å². The van der Waals surface area contributed by atoms with Gasteiger partial charge in [0.05, 0.1) is 17.4 Å². The zero-order valence-electron chi connectivity index (χ0n) is 9.56. The van der Waals surface area contributed by atoms with E-state index in [1.54, 1.807) is 18.5 Å². The van der Waals surface area contributed by atoms with Crippen LogP contribution >= 0.6 is 23.5 Å². The van der Waals surface area contributed by atoms with E-state index in [-0.39, 0.29) is 0 Å². The molecule has 1 aliphatic rings. The van der Waals surface area contributed by atoms with Crippen molar-refractivity contribution >= 4 is 29.2 Å². The molecule has 0 bridgehead atoms. The van der Waals surface area contributed by atoms with Crippen LogP contribution in [0.15, 0.2) is 59.2 Å². The van der Waals surface area contributed by atoms with Crippen LogP contribution in [-0.4, -0.2) is 20.5 Å². The second-order valence-corrected chi connectivity index (χ2v) is 5.45. The van der Waals surface area contributed by atoms with Gasteiger partial charge in [-0.2, -0.15) is 0 Å². The molecule has 1 aromatic heterocycles. The van der Waals surface area contributed by atoms with E-state index in [1.165, 1.54) is 10.7 Å². The molecule has 18 heavy (non-hydrogen) atoms. The first kappa shape index (κ1) is 12.9. The lowest BCUT2D eigenvalue weighted by Gasteiger charge is -2.04. The number of hydrogen-bond acceptors (Lipinski definition) is 6. The van der Waals surface area contributed by atoms with Crippen molar-refractivity contribution in [2.45, 2.75) is 0 Å². The summed E-state index contributed by atoms with van der Waals surface area (Å²) in [5.74, 6) is 0. The minimum atomic E-state index is 1.13. The number of anilines is 1. The topological polar surface area (TPSA) is 50.7 Å². The molecule has 0 atom stereocenters. The fourth-order valence-electron chi connectivity index (χ4n) is 1.18. The molecule has 0 radical (unpaired) electrons. The van der Waals surface area contributed by atoms with Crippen molar-refractivity contribution in [2.75, 3.05) is 10.4 Å². The van der Waals surface area contributed by atoms with Crippen molar-refractivity contribution in [3.8, 4) is 0 Å². The first-order valence-electron chi connectivity index (χ1n) is 5.30. The van der Waals surface area contributed by atoms with Crippen LogP contribution in [-0.2, 0) is 0 Å². The van der Waals surface area contributed by atoms with Gasteiger partial charge in [-0.15, -0.1) is 22.0 Å². The Balaban J connectivity index is 0.000000169. The lowest BCUT2D eigenvalue weighted by atomic mass is 10.3. The average Bonchev–Trinajstić information content (AvgIpc) is 2.96. The molecule has 92 valence electrons. The summed E-state index contributed by atoms with van der Waals surface area (Å²) in [4.78, 5) is 0. The quantitative estimate of drug-likeness (QED) is 0.909. The Morgan fingerprint density at radius 2 is 1.78 bits per heavy atom. The monoisotopic (exact) mass is 276 g/mol. The van der Waals surface area contributed by atoms with Crippen LogP contribution in [0.25, 0.3) is 0 Å². The molecule has 2 aromatic rings. The van der Waals surface area contributed by atoms with Crippen LogP contribution in [0, 0.1) is 0 Å². The van der Waals surface area contributed by atoms with Gasteiger partial charge in [-0.1, -0.05) is 30.0 Å². The maximum atomic E-state index is 3.42. The lowest BCUT2D eigenvalue weighted by Crippen LogP contribution is -1.92. The number of aromatic nitrogens is 3. The zero-order valence-corrected chi connectivity index (χ0v) is 11.2. The van der Waals surface area contributed by atoms with Crippen molar-refractivity contribution in [2.24, 2.45) is 0 Å². The SMILES string of the molecule is C1=C(Nc2ccccc2)SCS1.c1cnnnc1. The molecule has 0 spiro atoms. The molecule has 6 heteroatoms. The second-order valence-electron chi connectivity index (χ2n) is 3.21. The summed E-state index contributed by atoms with van der Waals surface area (Å²) in [6.45, 7) is 0. The maximum absolute atomic E-state index is 3.42. The summed E-state index contributed by atoms with van der Waals surface area (Å²) in [5, 5.41) is 18.0. The number of thioether (sulfide) groups is 2. The first-order chi connectivity index (χ1) is 8.95. The van der Waals surface area contributed by atoms with Crippen molar-refractivity contribution in [1.82, 2.24) is 15.4 Å². The van der Waals surface area contributed by atoms with Crippen molar-refractivity contribution in [3.63, 3.8) is 0 Å². The normalized spacial score (nSPS) is 13.2. The first-order valence-corrected chi connectivity index (χ1v) is 7.33. The molecule has 3 rings (SSSR count). The smallest absolute Gasteiger partial charge is 0.0798 e. The molecule has 4 nitrogen and oxygen atoms in total. The summed E-state index contributed by atoms with van der Waals surface area (Å²) in [6.07, 6.45) is 3.15. The fraction of sp³-hybridized carbons (Fsp3) is 0.0833. The molecule has 0 unspecified atom stereocenters. The Hall–Kier alpha value is -1.53. The summed E-state index contributed by atoms with van der Waals surface area (Å²) in [5.41, 5.74) is 1.17. The van der Waals surface area contributed by atoms with Gasteiger partial charge in [0.25, 0.3) is 0 Å². The minimum absolute atomic E-state index is 1.13. The predicted molar refractivity (Wildman–Crippen MR) is 78.0 cm³/mol. The summed E-state index contributed by atoms with van der Waals surface area (Å²) < 4.78 is 0. The highest BCUT2D eigenvalue weighted by molar-refractivity contribution is 8.22. The average molecular weight is 276 g/mol. The number of rotatable bonds is 2. The molecule has 0 saturated heterocycles. The number of nitrogens with zero attached hydrogens (tertiary/aromatic N) is 3. The van der Waals surface area contributed by atoms with Gasteiger partial charge in [0.1, 0.15) is 0 Å². The fourth-order valence-corrected chi connectivity index (χ4v) is 3.10. The Kier molecular flexibility index (Phi) is 5.55. The predicted octanol–water partition coefficient (Wildman–Crippen LogP) is 3.21. The van der Waals surface area contributed by atoms with Gasteiger partial charge in [0.2, 0.25) is 0 Å². The molecule has 0 fully saturated rings. The third-order valence-corrected chi connectivity index (χ3v) is 4.02. The molecular weight excluding hydrogens is 264 g/mol. The molecule has 1 aliphatic heterocycles. The highest BCUT2D eigenvalue weighted by Crippen LogP contribution is 2.32. The molecule has 0 saturated carbocycles. The molecule has 2 heterocycles. The van der Waals surface area contributed by atoms with Crippen LogP contribution in [0.5, 0.6) is 0 Å².